The van der Waals surface area contributed by atoms with E-state index in [-0.39, 0.29) is 35.8 Å². The molecule has 1 heterocycles. The van der Waals surface area contributed by atoms with Gasteiger partial charge in [-0.3, -0.25) is 14.9 Å². The number of nitrogens with two attached hydrogens (primary N) is 1. The summed E-state index contributed by atoms with van der Waals surface area (Å²) in [4.78, 5) is 30.5. The van der Waals surface area contributed by atoms with Gasteiger partial charge in [-0.15, -0.1) is 0 Å². The fraction of sp³-hybridized carbons (Fsp3) is 0.545. The molecule has 42 heavy (non-hydrogen) atoms. The molecule has 2 atom stereocenters. The Morgan fingerprint density at radius 1 is 1.05 bits per heavy atom. The van der Waals surface area contributed by atoms with Gasteiger partial charge in [0.05, 0.1) is 38.8 Å². The molecule has 9 heteroatoms. The van der Waals surface area contributed by atoms with E-state index >= 15 is 0 Å². The molecule has 1 aliphatic rings. The van der Waals surface area contributed by atoms with Crippen LogP contribution >= 0.6 is 0 Å². The second-order valence-electron chi connectivity index (χ2n) is 11.4. The van der Waals surface area contributed by atoms with Crippen molar-refractivity contribution in [1.82, 2.24) is 4.98 Å². The van der Waals surface area contributed by atoms with Crippen molar-refractivity contribution >= 4 is 23.6 Å². The van der Waals surface area contributed by atoms with Gasteiger partial charge in [-0.2, -0.15) is 4.98 Å². The van der Waals surface area contributed by atoms with Crippen LogP contribution < -0.4 is 15.0 Å². The highest BCUT2D eigenvalue weighted by Gasteiger charge is 2.35. The molecule has 1 aromatic heterocycles. The lowest BCUT2D eigenvalue weighted by Gasteiger charge is -2.38. The topological polar surface area (TPSA) is 104 Å². The molecular weight excluding hydrogens is 534 g/mol. The number of carbonyl (C=O) groups excluding carboxylic acids is 2. The molecule has 0 aliphatic heterocycles. The fourth-order valence-corrected chi connectivity index (χ4v) is 5.17. The van der Waals surface area contributed by atoms with Gasteiger partial charge in [-0.1, -0.05) is 44.2 Å². The normalized spacial score (nSPS) is 17.5. The van der Waals surface area contributed by atoms with Crippen molar-refractivity contribution in [3.05, 3.63) is 59.7 Å². The molecule has 0 fully saturated rings. The Kier molecular flexibility index (Phi) is 12.8. The first kappa shape index (κ1) is 33.1. The smallest absolute Gasteiger partial charge is 0.310 e. The van der Waals surface area contributed by atoms with Gasteiger partial charge >= 0.3 is 11.9 Å². The number of pyridine rings is 1. The van der Waals surface area contributed by atoms with Gasteiger partial charge in [0.25, 0.3) is 0 Å². The van der Waals surface area contributed by atoms with E-state index in [0.717, 1.165) is 34.9 Å². The Labute approximate surface area is 250 Å². The highest BCUT2D eigenvalue weighted by atomic mass is 16.5. The number of allylic oxidation sites excluding steroid dienone is 1. The van der Waals surface area contributed by atoms with Crippen LogP contribution in [0.3, 0.4) is 0 Å². The van der Waals surface area contributed by atoms with Gasteiger partial charge in [0.2, 0.25) is 5.82 Å². The van der Waals surface area contributed by atoms with Crippen molar-refractivity contribution < 1.29 is 33.9 Å². The number of rotatable bonds is 16. The molecule has 0 spiro atoms. The number of benzene rings is 1. The number of anilines is 1. The van der Waals surface area contributed by atoms with E-state index in [0.29, 0.717) is 45.9 Å². The first-order valence-electron chi connectivity index (χ1n) is 15.0. The monoisotopic (exact) mass is 582 g/mol. The van der Waals surface area contributed by atoms with Gasteiger partial charge < -0.3 is 23.8 Å². The second-order valence-corrected chi connectivity index (χ2v) is 11.4. The third-order valence-corrected chi connectivity index (χ3v) is 7.34. The van der Waals surface area contributed by atoms with Gasteiger partial charge in [0.15, 0.2) is 0 Å². The SMILES string of the molecule is CCOC(=O)Cc1ccc(OCC[NH2+]c2cccc(N(C)CCOC3C=CC(CC(=O)OCC)CC3(C)C)n2)c(C)c1. The van der Waals surface area contributed by atoms with Gasteiger partial charge in [0.1, 0.15) is 24.7 Å². The Morgan fingerprint density at radius 3 is 2.52 bits per heavy atom. The molecule has 2 N–H and O–H groups in total. The number of aromatic nitrogens is 1. The molecule has 230 valence electrons. The quantitative estimate of drug-likeness (QED) is 0.179. The Balaban J connectivity index is 1.41. The largest absolute Gasteiger partial charge is 0.487 e. The third kappa shape index (κ3) is 10.4. The van der Waals surface area contributed by atoms with Crippen molar-refractivity contribution in [3.63, 3.8) is 0 Å². The molecule has 0 amide bonds. The first-order valence-corrected chi connectivity index (χ1v) is 15.0. The van der Waals surface area contributed by atoms with Crippen molar-refractivity contribution in [2.45, 2.75) is 60.0 Å². The summed E-state index contributed by atoms with van der Waals surface area (Å²) < 4.78 is 22.4. The average Bonchev–Trinajstić information content (AvgIpc) is 2.93. The lowest BCUT2D eigenvalue weighted by molar-refractivity contribution is -0.576. The molecule has 9 nitrogen and oxygen atoms in total. The first-order chi connectivity index (χ1) is 20.1. The van der Waals surface area contributed by atoms with Crippen LogP contribution in [-0.4, -0.2) is 69.6 Å². The third-order valence-electron chi connectivity index (χ3n) is 7.34. The van der Waals surface area contributed by atoms with Crippen molar-refractivity contribution in [1.29, 1.82) is 0 Å². The van der Waals surface area contributed by atoms with Crippen molar-refractivity contribution in [2.24, 2.45) is 11.3 Å². The van der Waals surface area contributed by atoms with Crippen LogP contribution in [0, 0.1) is 18.3 Å². The summed E-state index contributed by atoms with van der Waals surface area (Å²) in [5.41, 5.74) is 1.84. The number of nitrogens with zero attached hydrogens (tertiary/aromatic N) is 2. The lowest BCUT2D eigenvalue weighted by Crippen LogP contribution is -2.79. The van der Waals surface area contributed by atoms with E-state index < -0.39 is 0 Å². The Bertz CT molecular complexity index is 1200. The number of ether oxygens (including phenoxy) is 4. The van der Waals surface area contributed by atoms with E-state index in [9.17, 15) is 9.59 Å². The molecule has 1 aliphatic carbocycles. The average molecular weight is 583 g/mol. The minimum absolute atomic E-state index is 0.00521. The standard InChI is InChI=1S/C33H47N3O6/c1-7-39-31(37)21-25-12-14-27(24(3)20-25)41-18-16-34-29-10-9-11-30(35-29)36(6)17-19-42-28-15-13-26(23-33(28,4)5)22-32(38)40-8-2/h9-15,20,26,28H,7-8,16-19,21-23H2,1-6H3,(H,34,35)/p+1. The van der Waals surface area contributed by atoms with Crippen molar-refractivity contribution in [2.75, 3.05) is 51.5 Å². The molecule has 3 rings (SSSR count). The van der Waals surface area contributed by atoms with Crippen LogP contribution in [0.5, 0.6) is 5.75 Å². The molecule has 2 aromatic rings. The number of aryl methyl sites for hydroxylation is 1. The van der Waals surface area contributed by atoms with Crippen LogP contribution in [0.2, 0.25) is 0 Å². The summed E-state index contributed by atoms with van der Waals surface area (Å²) in [5, 5.41) is 2.07. The predicted octanol–water partition coefficient (Wildman–Crippen LogP) is 4.15. The number of hydrogen-bond donors (Lipinski definition) is 1. The van der Waals surface area contributed by atoms with Gasteiger partial charge in [-0.05, 0) is 61.8 Å². The predicted molar refractivity (Wildman–Crippen MR) is 163 cm³/mol. The highest BCUT2D eigenvalue weighted by Crippen LogP contribution is 2.38. The Morgan fingerprint density at radius 2 is 1.81 bits per heavy atom. The lowest BCUT2D eigenvalue weighted by atomic mass is 9.73. The van der Waals surface area contributed by atoms with Crippen LogP contribution in [0.15, 0.2) is 48.6 Å². The summed E-state index contributed by atoms with van der Waals surface area (Å²) in [5.74, 6) is 2.41. The molecule has 0 radical (unpaired) electrons. The summed E-state index contributed by atoms with van der Waals surface area (Å²) in [7, 11) is 2.02. The van der Waals surface area contributed by atoms with E-state index in [2.05, 4.69) is 36.2 Å². The fourth-order valence-electron chi connectivity index (χ4n) is 5.17. The zero-order chi connectivity index (χ0) is 30.5. The number of likely N-dealkylation sites (N-methyl/N-ethyl adjacent to an activating group) is 1. The second kappa shape index (κ2) is 16.3. The van der Waals surface area contributed by atoms with Crippen LogP contribution in [0.4, 0.5) is 11.6 Å². The van der Waals surface area contributed by atoms with Crippen LogP contribution in [0.25, 0.3) is 0 Å². The number of quaternary nitrogens is 1. The van der Waals surface area contributed by atoms with Crippen molar-refractivity contribution in [3.8, 4) is 5.75 Å². The zero-order valence-electron chi connectivity index (χ0n) is 26.1. The summed E-state index contributed by atoms with van der Waals surface area (Å²) in [6, 6.07) is 11.8. The summed E-state index contributed by atoms with van der Waals surface area (Å²) in [6.07, 6.45) is 5.76. The van der Waals surface area contributed by atoms with Gasteiger partial charge in [0, 0.05) is 19.7 Å². The number of carbonyl (C=O) groups is 2. The van der Waals surface area contributed by atoms with Crippen LogP contribution in [0.1, 0.15) is 51.7 Å². The molecule has 0 bridgehead atoms. The molecule has 0 saturated heterocycles. The molecule has 1 aromatic carbocycles. The van der Waals surface area contributed by atoms with E-state index in [4.69, 9.17) is 23.9 Å². The summed E-state index contributed by atoms with van der Waals surface area (Å²) in [6.45, 7) is 13.3. The number of esters is 2. The number of hydrogen-bond acceptors (Lipinski definition) is 8. The maximum absolute atomic E-state index is 11.9. The molecule has 2 unspecified atom stereocenters. The van der Waals surface area contributed by atoms with E-state index in [1.807, 2.05) is 57.3 Å². The minimum atomic E-state index is -0.222. The van der Waals surface area contributed by atoms with E-state index in [1.54, 1.807) is 6.92 Å². The highest BCUT2D eigenvalue weighted by molar-refractivity contribution is 5.72. The molecule has 0 saturated carbocycles. The minimum Gasteiger partial charge on any atom is -0.487 e. The van der Waals surface area contributed by atoms with E-state index in [1.165, 1.54) is 0 Å². The maximum Gasteiger partial charge on any atom is 0.310 e. The van der Waals surface area contributed by atoms with Crippen LogP contribution in [-0.2, 0) is 30.2 Å². The molecular formula is C33H48N3O6+. The Hall–Kier alpha value is -3.43. The van der Waals surface area contributed by atoms with Gasteiger partial charge in [-0.25, -0.2) is 0 Å². The zero-order valence-corrected chi connectivity index (χ0v) is 26.1. The summed E-state index contributed by atoms with van der Waals surface area (Å²) >= 11 is 0. The maximum atomic E-state index is 11.9.